The number of nitrogens with one attached hydrogen (secondary N) is 2. The van der Waals surface area contributed by atoms with E-state index in [1.165, 1.54) is 0 Å². The first-order valence-corrected chi connectivity index (χ1v) is 15.1. The first kappa shape index (κ1) is 29.9. The highest BCUT2D eigenvalue weighted by Gasteiger charge is 2.68. The molecule has 10 nitrogen and oxygen atoms in total. The third-order valence-electron chi connectivity index (χ3n) is 9.04. The Balaban J connectivity index is 1.12. The maximum Gasteiger partial charge on any atom is 0.255 e. The summed E-state index contributed by atoms with van der Waals surface area (Å²) in [6.07, 6.45) is -1.19. The van der Waals surface area contributed by atoms with Crippen molar-refractivity contribution >= 4 is 23.2 Å². The Kier molecular flexibility index (Phi) is 7.53. The molecule has 4 aromatic rings. The molecule has 3 saturated heterocycles. The van der Waals surface area contributed by atoms with Crippen molar-refractivity contribution < 1.29 is 33.3 Å². The van der Waals surface area contributed by atoms with Gasteiger partial charge in [0.2, 0.25) is 0 Å². The van der Waals surface area contributed by atoms with Crippen LogP contribution in [0, 0.1) is 0 Å². The van der Waals surface area contributed by atoms with Crippen molar-refractivity contribution in [1.82, 2.24) is 4.90 Å². The summed E-state index contributed by atoms with van der Waals surface area (Å²) < 4.78 is 30.2. The molecule has 2 N–H and O–H groups in total. The Morgan fingerprint density at radius 3 is 1.65 bits per heavy atom. The van der Waals surface area contributed by atoms with Crippen LogP contribution in [0.3, 0.4) is 0 Å². The monoisotopic (exact) mass is 621 g/mol. The van der Waals surface area contributed by atoms with E-state index in [2.05, 4.69) is 15.5 Å². The van der Waals surface area contributed by atoms with E-state index in [-0.39, 0.29) is 18.0 Å². The molecular weight excluding hydrogens is 586 g/mol. The first-order valence-electron chi connectivity index (χ1n) is 15.1. The van der Waals surface area contributed by atoms with Gasteiger partial charge in [0.25, 0.3) is 11.8 Å². The maximum absolute atomic E-state index is 13.0. The molecule has 10 heteroatoms. The number of carbonyl (C=O) groups is 2. The summed E-state index contributed by atoms with van der Waals surface area (Å²) in [7, 11) is 3.17. The number of anilines is 2. The lowest BCUT2D eigenvalue weighted by molar-refractivity contribution is -0.138. The normalized spacial score (nSPS) is 26.4. The average molecular weight is 622 g/mol. The number of methoxy groups -OCH3 is 2. The molecule has 0 spiro atoms. The second-order valence-corrected chi connectivity index (χ2v) is 11.9. The molecule has 5 unspecified atom stereocenters. The number of nitrogens with zero attached hydrogens (tertiary/aromatic N) is 1. The highest BCUT2D eigenvalue weighted by atomic mass is 16.7. The molecule has 3 fully saturated rings. The Labute approximate surface area is 267 Å². The fraction of sp³-hybridized carbons (Fsp3) is 0.278. The molecule has 3 aliphatic heterocycles. The van der Waals surface area contributed by atoms with Gasteiger partial charge in [-0.1, -0.05) is 24.3 Å². The lowest BCUT2D eigenvalue weighted by Gasteiger charge is -2.33. The van der Waals surface area contributed by atoms with Crippen LogP contribution in [-0.2, 0) is 25.4 Å². The topological polar surface area (TPSA) is 108 Å². The van der Waals surface area contributed by atoms with E-state index in [1.807, 2.05) is 62.4 Å². The van der Waals surface area contributed by atoms with Crippen molar-refractivity contribution in [3.63, 3.8) is 0 Å². The molecule has 0 saturated carbocycles. The highest BCUT2D eigenvalue weighted by molar-refractivity contribution is 6.05. The molecular formula is C36H35N3O7. The molecule has 2 amide bonds. The minimum atomic E-state index is -0.856. The van der Waals surface area contributed by atoms with Crippen LogP contribution >= 0.6 is 0 Å². The SMILES string of the molecule is COc1ccc(C(=O)Nc2cccc(C3(C)OC4COC5N4C3OC5(C)c3cccc(NC(=O)c4ccc(OC)cc4)c3)c2)cc1. The first-order chi connectivity index (χ1) is 22.2. The van der Waals surface area contributed by atoms with Gasteiger partial charge in [0.1, 0.15) is 41.4 Å². The van der Waals surface area contributed by atoms with Crippen molar-refractivity contribution in [2.45, 2.75) is 43.7 Å². The highest BCUT2D eigenvalue weighted by Crippen LogP contribution is 2.56. The van der Waals surface area contributed by atoms with Gasteiger partial charge in [-0.15, -0.1) is 0 Å². The molecule has 46 heavy (non-hydrogen) atoms. The third-order valence-corrected chi connectivity index (χ3v) is 9.04. The zero-order valence-corrected chi connectivity index (χ0v) is 26.0. The number of hydrogen-bond donors (Lipinski definition) is 2. The van der Waals surface area contributed by atoms with E-state index in [0.29, 0.717) is 40.6 Å². The van der Waals surface area contributed by atoms with Crippen LogP contribution in [0.15, 0.2) is 97.1 Å². The third kappa shape index (κ3) is 5.09. The van der Waals surface area contributed by atoms with E-state index in [9.17, 15) is 9.59 Å². The number of hydrogen-bond acceptors (Lipinski definition) is 8. The summed E-state index contributed by atoms with van der Waals surface area (Å²) in [5.74, 6) is 0.910. The van der Waals surface area contributed by atoms with E-state index >= 15 is 0 Å². The maximum atomic E-state index is 13.0. The van der Waals surface area contributed by atoms with E-state index in [0.717, 1.165) is 11.1 Å². The molecule has 7 rings (SSSR count). The smallest absolute Gasteiger partial charge is 0.255 e. The van der Waals surface area contributed by atoms with Crippen molar-refractivity contribution in [1.29, 1.82) is 0 Å². The standard InChI is InChI=1S/C36H35N3O7/c1-35(24-7-5-9-26(19-24)37-31(40)22-11-15-28(42-3)16-12-22)33-39-30(21-44-33)45-36(2,34(39)46-35)25-8-6-10-27(20-25)38-32(41)23-13-17-29(43-4)18-14-23/h5-20,30,33-34H,21H2,1-4H3,(H,37,40)(H,38,41). The number of carbonyl (C=O) groups excluding carboxylic acids is 2. The van der Waals surface area contributed by atoms with Crippen LogP contribution in [0.1, 0.15) is 45.7 Å². The van der Waals surface area contributed by atoms with Crippen LogP contribution in [0.2, 0.25) is 0 Å². The second-order valence-electron chi connectivity index (χ2n) is 11.9. The number of amides is 2. The predicted molar refractivity (Wildman–Crippen MR) is 171 cm³/mol. The molecule has 3 heterocycles. The average Bonchev–Trinajstić information content (AvgIpc) is 3.73. The summed E-state index contributed by atoms with van der Waals surface area (Å²) in [6, 6.07) is 29.2. The van der Waals surface area contributed by atoms with Crippen LogP contribution in [0.25, 0.3) is 0 Å². The minimum Gasteiger partial charge on any atom is -0.497 e. The molecule has 0 aromatic heterocycles. The van der Waals surface area contributed by atoms with Crippen LogP contribution in [-0.4, -0.2) is 56.2 Å². The summed E-state index contributed by atoms with van der Waals surface area (Å²) in [4.78, 5) is 28.1. The summed E-state index contributed by atoms with van der Waals surface area (Å²) >= 11 is 0. The van der Waals surface area contributed by atoms with Gasteiger partial charge in [-0.2, -0.15) is 0 Å². The Hall–Kier alpha value is -4.74. The zero-order valence-electron chi connectivity index (χ0n) is 26.0. The largest absolute Gasteiger partial charge is 0.497 e. The van der Waals surface area contributed by atoms with Gasteiger partial charge in [0, 0.05) is 22.5 Å². The van der Waals surface area contributed by atoms with E-state index in [4.69, 9.17) is 23.7 Å². The molecule has 0 bridgehead atoms. The van der Waals surface area contributed by atoms with Crippen LogP contribution in [0.5, 0.6) is 11.5 Å². The van der Waals surface area contributed by atoms with Gasteiger partial charge in [-0.25, -0.2) is 4.90 Å². The van der Waals surface area contributed by atoms with Crippen molar-refractivity contribution in [2.24, 2.45) is 0 Å². The van der Waals surface area contributed by atoms with Crippen molar-refractivity contribution in [2.75, 3.05) is 31.5 Å². The molecule has 5 atom stereocenters. The summed E-state index contributed by atoms with van der Waals surface area (Å²) in [5.41, 5.74) is 2.34. The minimum absolute atomic E-state index is 0.227. The predicted octanol–water partition coefficient (Wildman–Crippen LogP) is 5.71. The molecule has 4 aromatic carbocycles. The number of benzene rings is 4. The van der Waals surface area contributed by atoms with Crippen molar-refractivity contribution in [3.8, 4) is 11.5 Å². The lowest BCUT2D eigenvalue weighted by atomic mass is 9.93. The van der Waals surface area contributed by atoms with Crippen LogP contribution < -0.4 is 20.1 Å². The summed E-state index contributed by atoms with van der Waals surface area (Å²) in [6.45, 7) is 4.40. The van der Waals surface area contributed by atoms with Gasteiger partial charge >= 0.3 is 0 Å². The van der Waals surface area contributed by atoms with E-state index in [1.54, 1.807) is 62.8 Å². The summed E-state index contributed by atoms with van der Waals surface area (Å²) in [5, 5.41) is 5.99. The van der Waals surface area contributed by atoms with Gasteiger partial charge in [-0.3, -0.25) is 9.59 Å². The van der Waals surface area contributed by atoms with Gasteiger partial charge in [0.15, 0.2) is 0 Å². The van der Waals surface area contributed by atoms with Gasteiger partial charge in [0.05, 0.1) is 20.8 Å². The van der Waals surface area contributed by atoms with Crippen LogP contribution in [0.4, 0.5) is 11.4 Å². The zero-order chi connectivity index (χ0) is 32.1. The van der Waals surface area contributed by atoms with Gasteiger partial charge < -0.3 is 34.3 Å². The lowest BCUT2D eigenvalue weighted by Crippen LogP contribution is -2.40. The van der Waals surface area contributed by atoms with E-state index < -0.39 is 23.7 Å². The Morgan fingerprint density at radius 1 is 0.696 bits per heavy atom. The second kappa shape index (κ2) is 11.6. The fourth-order valence-electron chi connectivity index (χ4n) is 6.52. The molecule has 236 valence electrons. The Morgan fingerprint density at radius 2 is 1.17 bits per heavy atom. The Bertz CT molecular complexity index is 1670. The van der Waals surface area contributed by atoms with Gasteiger partial charge in [-0.05, 0) is 97.8 Å². The number of rotatable bonds is 8. The van der Waals surface area contributed by atoms with Crippen molar-refractivity contribution in [3.05, 3.63) is 119 Å². The quantitative estimate of drug-likeness (QED) is 0.258. The molecule has 0 radical (unpaired) electrons. The number of ether oxygens (including phenoxy) is 5. The molecule has 3 aliphatic rings. The molecule has 0 aliphatic carbocycles. The fourth-order valence-corrected chi connectivity index (χ4v) is 6.52.